The van der Waals surface area contributed by atoms with Gasteiger partial charge in [-0.2, -0.15) is 16.4 Å². The fourth-order valence-electron chi connectivity index (χ4n) is 6.60. The summed E-state index contributed by atoms with van der Waals surface area (Å²) in [6.07, 6.45) is 12.6. The van der Waals surface area contributed by atoms with E-state index in [9.17, 15) is 13.9 Å². The fourth-order valence-corrected chi connectivity index (χ4v) is 6.85. The van der Waals surface area contributed by atoms with Gasteiger partial charge in [-0.1, -0.05) is 24.8 Å². The van der Waals surface area contributed by atoms with Gasteiger partial charge in [0, 0.05) is 72.9 Å². The summed E-state index contributed by atoms with van der Waals surface area (Å²) in [6, 6.07) is 6.73. The van der Waals surface area contributed by atoms with E-state index in [0.29, 0.717) is 53.2 Å². The van der Waals surface area contributed by atoms with Gasteiger partial charge in [0.05, 0.1) is 17.1 Å². The molecule has 12 heteroatoms. The van der Waals surface area contributed by atoms with Crippen LogP contribution in [0.25, 0.3) is 32.9 Å². The van der Waals surface area contributed by atoms with E-state index in [1.807, 2.05) is 4.90 Å². The maximum absolute atomic E-state index is 16.0. The molecule has 3 aliphatic heterocycles. The van der Waals surface area contributed by atoms with Crippen molar-refractivity contribution in [2.75, 3.05) is 42.7 Å². The Kier molecular flexibility index (Phi) is 10.7. The van der Waals surface area contributed by atoms with E-state index in [-0.39, 0.29) is 59.4 Å². The van der Waals surface area contributed by atoms with Gasteiger partial charge in [-0.3, -0.25) is 4.98 Å². The summed E-state index contributed by atoms with van der Waals surface area (Å²) in [4.78, 5) is 16.8. The molecule has 5 heterocycles. The van der Waals surface area contributed by atoms with Crippen LogP contribution in [0.4, 0.5) is 24.7 Å². The first-order valence-electron chi connectivity index (χ1n) is 14.9. The minimum atomic E-state index is -0.788. The number of nitrogen functional groups attached to an aromatic ring is 1. The number of anilines is 2. The molecule has 3 N–H and O–H groups in total. The van der Waals surface area contributed by atoms with Crippen LogP contribution in [0.5, 0.6) is 6.01 Å². The summed E-state index contributed by atoms with van der Waals surface area (Å²) in [6.45, 7) is 3.10. The zero-order valence-corrected chi connectivity index (χ0v) is 29.6. The molecule has 3 fully saturated rings. The SMILES string of the molecule is C#Cc1c(F)ccc2cc(N)cc(-c3ncc4c(N5CCCC[C@H](CCl)C5)nc(O)nc4c3F)c12.F[C@@H]1C[C-]2CCCN2C1.[U]. The minimum absolute atomic E-state index is 0. The van der Waals surface area contributed by atoms with Gasteiger partial charge in [0.25, 0.3) is 0 Å². The number of halogens is 4. The van der Waals surface area contributed by atoms with Crippen molar-refractivity contribution in [2.45, 2.75) is 44.7 Å². The first kappa shape index (κ1) is 33.6. The molecule has 0 amide bonds. The van der Waals surface area contributed by atoms with Gasteiger partial charge in [-0.15, -0.1) is 24.4 Å². The Morgan fingerprint density at radius 3 is 2.71 bits per heavy atom. The van der Waals surface area contributed by atoms with Crippen LogP contribution in [0.2, 0.25) is 0 Å². The largest absolute Gasteiger partial charge is 0.479 e. The van der Waals surface area contributed by atoms with Gasteiger partial charge in [0.1, 0.15) is 22.8 Å². The average molecular weight is 860 g/mol. The Balaban J connectivity index is 0.000000341. The van der Waals surface area contributed by atoms with Gasteiger partial charge < -0.3 is 20.6 Å². The fraction of sp³-hybridized carbons (Fsp3) is 0.394. The van der Waals surface area contributed by atoms with E-state index in [4.69, 9.17) is 23.8 Å². The number of hydrogen-bond acceptors (Lipinski definition) is 7. The van der Waals surface area contributed by atoms with Crippen LogP contribution < -0.4 is 10.6 Å². The van der Waals surface area contributed by atoms with E-state index >= 15 is 4.39 Å². The third-order valence-corrected chi connectivity index (χ3v) is 9.08. The normalized spacial score (nSPS) is 20.3. The maximum Gasteiger partial charge on any atom is 0.316 e. The Morgan fingerprint density at radius 2 is 1.96 bits per heavy atom. The number of fused-ring (bicyclic) bond motifs is 3. The number of rotatable bonds is 3. The van der Waals surface area contributed by atoms with Crippen molar-refractivity contribution in [3.05, 3.63) is 53.7 Å². The third kappa shape index (κ3) is 6.86. The molecule has 4 aromatic rings. The zero-order valence-electron chi connectivity index (χ0n) is 24.7. The van der Waals surface area contributed by atoms with E-state index in [1.54, 1.807) is 6.07 Å². The standard InChI is InChI=1S/C26H22ClF2N5O.C7H11FN.U/c1-2-17-20(28)7-6-15-9-16(30)10-18(21(15)17)23-22(29)24-19(12-31-23)25(33-26(35)32-24)34-8-4-3-5-14(11-27)13-34;8-6-4-7-2-1-3-9(7)5-6;/h1,6-7,9-10,12,14H,3-5,8,11,13,30H2,(H,32,33,35);6H,1-5H2;/q;-1;/t14-;6-;/m11./s1. The van der Waals surface area contributed by atoms with Gasteiger partial charge in [0.15, 0.2) is 5.82 Å². The number of terminal acetylenes is 1. The number of hydrogen-bond donors (Lipinski definition) is 2. The van der Waals surface area contributed by atoms with Crippen molar-refractivity contribution >= 4 is 44.8 Å². The quantitative estimate of drug-likeness (QED) is 0.104. The predicted molar refractivity (Wildman–Crippen MR) is 168 cm³/mol. The smallest absolute Gasteiger partial charge is 0.316 e. The Labute approximate surface area is 289 Å². The van der Waals surface area contributed by atoms with Crippen molar-refractivity contribution in [1.82, 2.24) is 19.9 Å². The van der Waals surface area contributed by atoms with Crippen molar-refractivity contribution in [2.24, 2.45) is 5.92 Å². The first-order chi connectivity index (χ1) is 21.3. The van der Waals surface area contributed by atoms with Gasteiger partial charge >= 0.3 is 6.01 Å². The number of nitrogens with zero attached hydrogens (tertiary/aromatic N) is 5. The first-order valence-corrected chi connectivity index (χ1v) is 15.4. The second kappa shape index (κ2) is 14.3. The van der Waals surface area contributed by atoms with Crippen LogP contribution >= 0.6 is 11.6 Å². The molecular weight excluding hydrogens is 827 g/mol. The van der Waals surface area contributed by atoms with Crippen LogP contribution in [-0.4, -0.2) is 63.2 Å². The van der Waals surface area contributed by atoms with Crippen LogP contribution in [0, 0.1) is 67.1 Å². The number of aromatic hydroxyl groups is 1. The topological polar surface area (TPSA) is 91.4 Å². The number of benzene rings is 2. The van der Waals surface area contributed by atoms with Crippen molar-refractivity contribution < 1.29 is 49.4 Å². The van der Waals surface area contributed by atoms with Crippen LogP contribution in [0.1, 0.15) is 44.1 Å². The minimum Gasteiger partial charge on any atom is -0.479 e. The van der Waals surface area contributed by atoms with E-state index in [0.717, 1.165) is 38.6 Å². The molecule has 3 aliphatic rings. The Morgan fingerprint density at radius 1 is 1.13 bits per heavy atom. The summed E-state index contributed by atoms with van der Waals surface area (Å²) >= 11 is 6.13. The average Bonchev–Trinajstić information content (AvgIpc) is 3.49. The summed E-state index contributed by atoms with van der Waals surface area (Å²) in [5.41, 5.74) is 6.43. The second-order valence-electron chi connectivity index (χ2n) is 11.6. The van der Waals surface area contributed by atoms with Gasteiger partial charge in [-0.05, 0) is 55.4 Å². The molecule has 2 aromatic carbocycles. The van der Waals surface area contributed by atoms with Gasteiger partial charge in [-0.25, -0.2) is 19.2 Å². The van der Waals surface area contributed by atoms with Crippen LogP contribution in [0.15, 0.2) is 30.5 Å². The van der Waals surface area contributed by atoms with E-state index < -0.39 is 23.8 Å². The molecular formula is C33H33ClF3N6OU-. The monoisotopic (exact) mass is 859 g/mol. The molecule has 0 saturated carbocycles. The zero-order chi connectivity index (χ0) is 31.0. The maximum atomic E-state index is 16.0. The summed E-state index contributed by atoms with van der Waals surface area (Å²) in [7, 11) is 0. The van der Waals surface area contributed by atoms with E-state index in [2.05, 4.69) is 25.8 Å². The Hall–Kier alpha value is -2.76. The number of pyridine rings is 1. The molecule has 234 valence electrons. The van der Waals surface area contributed by atoms with Crippen LogP contribution in [-0.2, 0) is 0 Å². The molecule has 0 radical (unpaired) electrons. The molecule has 0 spiro atoms. The van der Waals surface area contributed by atoms with E-state index in [1.165, 1.54) is 36.9 Å². The molecule has 7 rings (SSSR count). The molecule has 7 nitrogen and oxygen atoms in total. The molecule has 3 saturated heterocycles. The molecule has 45 heavy (non-hydrogen) atoms. The summed E-state index contributed by atoms with van der Waals surface area (Å²) < 4.78 is 43.1. The molecule has 0 bridgehead atoms. The van der Waals surface area contributed by atoms with Crippen molar-refractivity contribution in [3.63, 3.8) is 0 Å². The Bertz CT molecular complexity index is 1740. The summed E-state index contributed by atoms with van der Waals surface area (Å²) in [5.74, 6) is 2.10. The molecule has 2 aromatic heterocycles. The number of nitrogens with two attached hydrogens (primary N) is 1. The molecule has 0 unspecified atom stereocenters. The third-order valence-electron chi connectivity index (χ3n) is 8.64. The molecule has 0 aliphatic carbocycles. The molecule has 2 atom stereocenters. The van der Waals surface area contributed by atoms with Crippen molar-refractivity contribution in [3.8, 4) is 29.6 Å². The number of alkyl halides is 2. The summed E-state index contributed by atoms with van der Waals surface area (Å²) in [5, 5.41) is 11.5. The second-order valence-corrected chi connectivity index (χ2v) is 12.0. The number of aromatic nitrogens is 3. The predicted octanol–water partition coefficient (Wildman–Crippen LogP) is 6.59. The van der Waals surface area contributed by atoms with Crippen LogP contribution in [0.3, 0.4) is 0 Å². The van der Waals surface area contributed by atoms with Crippen molar-refractivity contribution in [1.29, 1.82) is 0 Å². The van der Waals surface area contributed by atoms with Gasteiger partial charge in [0.2, 0.25) is 0 Å².